The van der Waals surface area contributed by atoms with E-state index in [1.54, 1.807) is 12.3 Å². The van der Waals surface area contributed by atoms with E-state index in [2.05, 4.69) is 16.8 Å². The predicted octanol–water partition coefficient (Wildman–Crippen LogP) is 3.80. The number of hydrogen-bond acceptors (Lipinski definition) is 3. The number of anilines is 1. The van der Waals surface area contributed by atoms with Gasteiger partial charge in [-0.15, -0.1) is 0 Å². The highest BCUT2D eigenvalue weighted by atomic mass is 35.5. The SMILES string of the molecule is CC(c1cccc(Cl)c1)N(C)c1ccc(C#N)nc1. The van der Waals surface area contributed by atoms with Gasteiger partial charge in [-0.25, -0.2) is 4.98 Å². The summed E-state index contributed by atoms with van der Waals surface area (Å²) in [5.41, 5.74) is 2.53. The van der Waals surface area contributed by atoms with Crippen molar-refractivity contribution in [3.63, 3.8) is 0 Å². The van der Waals surface area contributed by atoms with Crippen LogP contribution in [0.5, 0.6) is 0 Å². The van der Waals surface area contributed by atoms with Gasteiger partial charge in [0.2, 0.25) is 0 Å². The van der Waals surface area contributed by atoms with Crippen LogP contribution in [0.3, 0.4) is 0 Å². The maximum Gasteiger partial charge on any atom is 0.140 e. The first kappa shape index (κ1) is 13.4. The molecule has 0 radical (unpaired) electrons. The van der Waals surface area contributed by atoms with Crippen LogP contribution in [0.2, 0.25) is 5.02 Å². The molecule has 2 aromatic rings. The van der Waals surface area contributed by atoms with Crippen LogP contribution >= 0.6 is 11.6 Å². The van der Waals surface area contributed by atoms with Crippen molar-refractivity contribution in [1.29, 1.82) is 5.26 Å². The first-order chi connectivity index (χ1) is 9.11. The summed E-state index contributed by atoms with van der Waals surface area (Å²) in [5, 5.41) is 9.48. The molecule has 0 aliphatic carbocycles. The van der Waals surface area contributed by atoms with Gasteiger partial charge in [0, 0.05) is 12.1 Å². The Morgan fingerprint density at radius 3 is 2.68 bits per heavy atom. The summed E-state index contributed by atoms with van der Waals surface area (Å²) in [7, 11) is 1.99. The molecule has 2 rings (SSSR count). The quantitative estimate of drug-likeness (QED) is 0.852. The Morgan fingerprint density at radius 2 is 2.11 bits per heavy atom. The fourth-order valence-corrected chi connectivity index (χ4v) is 2.07. The van der Waals surface area contributed by atoms with Crippen LogP contribution in [0.4, 0.5) is 5.69 Å². The van der Waals surface area contributed by atoms with E-state index < -0.39 is 0 Å². The maximum absolute atomic E-state index is 8.74. The van der Waals surface area contributed by atoms with Gasteiger partial charge in [0.25, 0.3) is 0 Å². The fraction of sp³-hybridized carbons (Fsp3) is 0.200. The lowest BCUT2D eigenvalue weighted by atomic mass is 10.1. The van der Waals surface area contributed by atoms with Crippen LogP contribution in [0.25, 0.3) is 0 Å². The second-order valence-corrected chi connectivity index (χ2v) is 4.79. The normalized spacial score (nSPS) is 11.7. The van der Waals surface area contributed by atoms with Crippen molar-refractivity contribution >= 4 is 17.3 Å². The third kappa shape index (κ3) is 3.04. The van der Waals surface area contributed by atoms with Gasteiger partial charge in [0.15, 0.2) is 0 Å². The number of benzene rings is 1. The molecule has 3 nitrogen and oxygen atoms in total. The predicted molar refractivity (Wildman–Crippen MR) is 77.2 cm³/mol. The van der Waals surface area contributed by atoms with Gasteiger partial charge in [0.05, 0.1) is 17.9 Å². The molecule has 19 heavy (non-hydrogen) atoms. The molecule has 0 fully saturated rings. The molecule has 1 unspecified atom stereocenters. The van der Waals surface area contributed by atoms with Gasteiger partial charge in [-0.05, 0) is 36.8 Å². The molecule has 96 valence electrons. The van der Waals surface area contributed by atoms with Crippen LogP contribution in [-0.2, 0) is 0 Å². The van der Waals surface area contributed by atoms with E-state index in [1.807, 2.05) is 43.4 Å². The highest BCUT2D eigenvalue weighted by Crippen LogP contribution is 2.26. The van der Waals surface area contributed by atoms with E-state index in [1.165, 1.54) is 0 Å². The van der Waals surface area contributed by atoms with Crippen molar-refractivity contribution in [1.82, 2.24) is 4.98 Å². The van der Waals surface area contributed by atoms with Gasteiger partial charge in [-0.2, -0.15) is 5.26 Å². The zero-order chi connectivity index (χ0) is 13.8. The summed E-state index contributed by atoms with van der Waals surface area (Å²) in [5.74, 6) is 0. The lowest BCUT2D eigenvalue weighted by molar-refractivity contribution is 0.738. The summed E-state index contributed by atoms with van der Waals surface area (Å²) in [6.07, 6.45) is 1.71. The minimum Gasteiger partial charge on any atom is -0.367 e. The molecule has 1 aromatic heterocycles. The summed E-state index contributed by atoms with van der Waals surface area (Å²) >= 11 is 6.01. The lowest BCUT2D eigenvalue weighted by Gasteiger charge is -2.27. The second-order valence-electron chi connectivity index (χ2n) is 4.36. The van der Waals surface area contributed by atoms with Crippen LogP contribution in [-0.4, -0.2) is 12.0 Å². The molecule has 0 aliphatic rings. The van der Waals surface area contributed by atoms with Crippen molar-refractivity contribution in [3.05, 3.63) is 58.9 Å². The zero-order valence-corrected chi connectivity index (χ0v) is 11.6. The molecule has 1 aromatic carbocycles. The minimum atomic E-state index is 0.174. The molecule has 0 saturated heterocycles. The Balaban J connectivity index is 2.23. The number of nitriles is 1. The molecule has 0 aliphatic heterocycles. The smallest absolute Gasteiger partial charge is 0.140 e. The van der Waals surface area contributed by atoms with Crippen molar-refractivity contribution in [2.24, 2.45) is 0 Å². The number of pyridine rings is 1. The van der Waals surface area contributed by atoms with E-state index >= 15 is 0 Å². The third-order valence-corrected chi connectivity index (χ3v) is 3.42. The third-order valence-electron chi connectivity index (χ3n) is 3.18. The highest BCUT2D eigenvalue weighted by molar-refractivity contribution is 6.30. The fourth-order valence-electron chi connectivity index (χ4n) is 1.87. The molecule has 0 saturated carbocycles. The second kappa shape index (κ2) is 5.73. The minimum absolute atomic E-state index is 0.174. The van der Waals surface area contributed by atoms with Gasteiger partial charge in [-0.1, -0.05) is 23.7 Å². The number of nitrogens with zero attached hydrogens (tertiary/aromatic N) is 3. The number of aromatic nitrogens is 1. The van der Waals surface area contributed by atoms with E-state index in [9.17, 15) is 0 Å². The maximum atomic E-state index is 8.74. The lowest BCUT2D eigenvalue weighted by Crippen LogP contribution is -2.21. The van der Waals surface area contributed by atoms with E-state index in [0.29, 0.717) is 5.69 Å². The molecular weight excluding hydrogens is 258 g/mol. The molecule has 4 heteroatoms. The van der Waals surface area contributed by atoms with E-state index in [-0.39, 0.29) is 6.04 Å². The average Bonchev–Trinajstić information content (AvgIpc) is 2.46. The van der Waals surface area contributed by atoms with Crippen LogP contribution < -0.4 is 4.90 Å². The zero-order valence-electron chi connectivity index (χ0n) is 10.8. The molecule has 0 N–H and O–H groups in total. The van der Waals surface area contributed by atoms with Crippen molar-refractivity contribution in [3.8, 4) is 6.07 Å². The van der Waals surface area contributed by atoms with E-state index in [4.69, 9.17) is 16.9 Å². The van der Waals surface area contributed by atoms with Crippen LogP contribution in [0.1, 0.15) is 24.2 Å². The Bertz CT molecular complexity index is 602. The number of rotatable bonds is 3. The summed E-state index contributed by atoms with van der Waals surface area (Å²) in [4.78, 5) is 6.18. The summed E-state index contributed by atoms with van der Waals surface area (Å²) < 4.78 is 0. The Hall–Kier alpha value is -2.05. The summed E-state index contributed by atoms with van der Waals surface area (Å²) in [6.45, 7) is 2.10. The molecule has 1 heterocycles. The molecule has 0 amide bonds. The highest BCUT2D eigenvalue weighted by Gasteiger charge is 2.12. The topological polar surface area (TPSA) is 39.9 Å². The largest absolute Gasteiger partial charge is 0.367 e. The van der Waals surface area contributed by atoms with Crippen LogP contribution in [0, 0.1) is 11.3 Å². The van der Waals surface area contributed by atoms with Crippen LogP contribution in [0.15, 0.2) is 42.6 Å². The van der Waals surface area contributed by atoms with Gasteiger partial charge in [0.1, 0.15) is 11.8 Å². The Kier molecular flexibility index (Phi) is 4.03. The summed E-state index contributed by atoms with van der Waals surface area (Å²) in [6, 6.07) is 13.6. The number of hydrogen-bond donors (Lipinski definition) is 0. The first-order valence-electron chi connectivity index (χ1n) is 5.96. The van der Waals surface area contributed by atoms with E-state index in [0.717, 1.165) is 16.3 Å². The monoisotopic (exact) mass is 271 g/mol. The average molecular weight is 272 g/mol. The Labute approximate surface area is 118 Å². The van der Waals surface area contributed by atoms with Crippen molar-refractivity contribution in [2.75, 3.05) is 11.9 Å². The molecule has 0 spiro atoms. The molecular formula is C15H14ClN3. The number of halogens is 1. The standard InChI is InChI=1S/C15H14ClN3/c1-11(12-4-3-5-13(16)8-12)19(2)15-7-6-14(9-17)18-10-15/h3-8,10-11H,1-2H3. The molecule has 1 atom stereocenters. The van der Waals surface area contributed by atoms with Crippen molar-refractivity contribution in [2.45, 2.75) is 13.0 Å². The Morgan fingerprint density at radius 1 is 1.32 bits per heavy atom. The van der Waals surface area contributed by atoms with Crippen molar-refractivity contribution < 1.29 is 0 Å². The first-order valence-corrected chi connectivity index (χ1v) is 6.34. The van der Waals surface area contributed by atoms with Gasteiger partial charge >= 0.3 is 0 Å². The van der Waals surface area contributed by atoms with Gasteiger partial charge < -0.3 is 4.90 Å². The molecule has 0 bridgehead atoms. The van der Waals surface area contributed by atoms with Gasteiger partial charge in [-0.3, -0.25) is 0 Å².